The van der Waals surface area contributed by atoms with Crippen LogP contribution in [0.5, 0.6) is 0 Å². The monoisotopic (exact) mass is 276 g/mol. The van der Waals surface area contributed by atoms with Gasteiger partial charge in [-0.25, -0.2) is 13.1 Å². The Morgan fingerprint density at radius 1 is 1.00 bits per heavy atom. The van der Waals surface area contributed by atoms with Gasteiger partial charge in [0, 0.05) is 12.4 Å². The second kappa shape index (κ2) is 5.11. The highest BCUT2D eigenvalue weighted by molar-refractivity contribution is 7.89. The van der Waals surface area contributed by atoms with Crippen LogP contribution in [0.4, 0.5) is 0 Å². The standard InChI is InChI=1S/C14H16N2O2S/c1-14(2,12-8-10-15-11-9-12)16-19(17,18)13-6-4-3-5-7-13/h3-11,16H,1-2H3. The number of hydrogen-bond donors (Lipinski definition) is 1. The first-order valence-corrected chi connectivity index (χ1v) is 7.40. The zero-order valence-electron chi connectivity index (χ0n) is 10.9. The van der Waals surface area contributed by atoms with Gasteiger partial charge in [0.15, 0.2) is 0 Å². The van der Waals surface area contributed by atoms with Crippen LogP contribution in [0, 0.1) is 0 Å². The molecule has 1 aromatic carbocycles. The molecule has 1 heterocycles. The van der Waals surface area contributed by atoms with Crippen LogP contribution in [-0.2, 0) is 15.6 Å². The highest BCUT2D eigenvalue weighted by Crippen LogP contribution is 2.22. The van der Waals surface area contributed by atoms with Gasteiger partial charge in [-0.3, -0.25) is 4.98 Å². The molecule has 4 nitrogen and oxygen atoms in total. The van der Waals surface area contributed by atoms with E-state index in [0.29, 0.717) is 0 Å². The first kappa shape index (κ1) is 13.7. The molecule has 0 aliphatic heterocycles. The summed E-state index contributed by atoms with van der Waals surface area (Å²) < 4.78 is 27.3. The summed E-state index contributed by atoms with van der Waals surface area (Å²) in [6, 6.07) is 11.9. The average molecular weight is 276 g/mol. The summed E-state index contributed by atoms with van der Waals surface area (Å²) in [5, 5.41) is 0. The van der Waals surface area contributed by atoms with E-state index >= 15 is 0 Å². The molecule has 2 rings (SSSR count). The molecule has 0 aliphatic carbocycles. The van der Waals surface area contributed by atoms with Crippen molar-refractivity contribution in [1.82, 2.24) is 9.71 Å². The van der Waals surface area contributed by atoms with Crippen molar-refractivity contribution in [2.75, 3.05) is 0 Å². The van der Waals surface area contributed by atoms with Crippen LogP contribution in [-0.4, -0.2) is 13.4 Å². The average Bonchev–Trinajstić information content (AvgIpc) is 2.40. The molecule has 0 saturated carbocycles. The molecule has 0 aliphatic rings. The number of nitrogens with zero attached hydrogens (tertiary/aromatic N) is 1. The maximum absolute atomic E-state index is 12.3. The predicted molar refractivity (Wildman–Crippen MR) is 74.0 cm³/mol. The van der Waals surface area contributed by atoms with E-state index < -0.39 is 15.6 Å². The van der Waals surface area contributed by atoms with Gasteiger partial charge in [-0.05, 0) is 43.7 Å². The van der Waals surface area contributed by atoms with Crippen LogP contribution >= 0.6 is 0 Å². The Labute approximate surface area is 113 Å². The van der Waals surface area contributed by atoms with E-state index in [1.165, 1.54) is 0 Å². The molecule has 0 spiro atoms. The van der Waals surface area contributed by atoms with Crippen LogP contribution in [0.2, 0.25) is 0 Å². The molecular weight excluding hydrogens is 260 g/mol. The number of nitrogens with one attached hydrogen (secondary N) is 1. The van der Waals surface area contributed by atoms with E-state index in [4.69, 9.17) is 0 Å². The fourth-order valence-electron chi connectivity index (χ4n) is 1.82. The third-order valence-electron chi connectivity index (χ3n) is 2.85. The Hall–Kier alpha value is -1.72. The highest BCUT2D eigenvalue weighted by atomic mass is 32.2. The molecular formula is C14H16N2O2S. The molecule has 19 heavy (non-hydrogen) atoms. The van der Waals surface area contributed by atoms with Crippen LogP contribution in [0.15, 0.2) is 59.8 Å². The van der Waals surface area contributed by atoms with E-state index in [2.05, 4.69) is 9.71 Å². The molecule has 2 aromatic rings. The van der Waals surface area contributed by atoms with E-state index in [0.717, 1.165) is 5.56 Å². The summed E-state index contributed by atoms with van der Waals surface area (Å²) in [7, 11) is -3.54. The Morgan fingerprint density at radius 2 is 1.58 bits per heavy atom. The number of rotatable bonds is 4. The summed E-state index contributed by atoms with van der Waals surface area (Å²) in [5.41, 5.74) is 0.166. The van der Waals surface area contributed by atoms with Gasteiger partial charge in [-0.15, -0.1) is 0 Å². The van der Waals surface area contributed by atoms with Crippen molar-refractivity contribution in [3.63, 3.8) is 0 Å². The van der Waals surface area contributed by atoms with Gasteiger partial charge in [-0.2, -0.15) is 0 Å². The smallest absolute Gasteiger partial charge is 0.241 e. The predicted octanol–water partition coefficient (Wildman–Crippen LogP) is 2.30. The van der Waals surface area contributed by atoms with Gasteiger partial charge in [0.05, 0.1) is 10.4 Å². The van der Waals surface area contributed by atoms with Crippen LogP contribution in [0.25, 0.3) is 0 Å². The first-order valence-electron chi connectivity index (χ1n) is 5.91. The van der Waals surface area contributed by atoms with Crippen molar-refractivity contribution in [1.29, 1.82) is 0 Å². The van der Waals surface area contributed by atoms with Gasteiger partial charge in [0.2, 0.25) is 10.0 Å². The molecule has 0 fully saturated rings. The molecule has 100 valence electrons. The summed E-state index contributed by atoms with van der Waals surface area (Å²) in [6.07, 6.45) is 3.29. The molecule has 0 unspecified atom stereocenters. The fraction of sp³-hybridized carbons (Fsp3) is 0.214. The van der Waals surface area contributed by atoms with Crippen molar-refractivity contribution >= 4 is 10.0 Å². The first-order chi connectivity index (χ1) is 8.92. The topological polar surface area (TPSA) is 59.1 Å². The summed E-state index contributed by atoms with van der Waals surface area (Å²) in [6.45, 7) is 3.64. The molecule has 0 atom stereocenters. The number of benzene rings is 1. The van der Waals surface area contributed by atoms with E-state index in [1.807, 2.05) is 13.8 Å². The zero-order chi connectivity index (χ0) is 13.9. The van der Waals surface area contributed by atoms with Crippen molar-refractivity contribution < 1.29 is 8.42 Å². The van der Waals surface area contributed by atoms with E-state index in [-0.39, 0.29) is 4.90 Å². The second-order valence-electron chi connectivity index (χ2n) is 4.78. The van der Waals surface area contributed by atoms with Gasteiger partial charge < -0.3 is 0 Å². The maximum atomic E-state index is 12.3. The third-order valence-corrected chi connectivity index (χ3v) is 4.52. The lowest BCUT2D eigenvalue weighted by Gasteiger charge is -2.26. The van der Waals surface area contributed by atoms with Crippen molar-refractivity contribution in [2.24, 2.45) is 0 Å². The summed E-state index contributed by atoms with van der Waals surface area (Å²) >= 11 is 0. The highest BCUT2D eigenvalue weighted by Gasteiger charge is 2.27. The Bertz CT molecular complexity index is 638. The number of pyridine rings is 1. The van der Waals surface area contributed by atoms with Gasteiger partial charge in [-0.1, -0.05) is 18.2 Å². The molecule has 0 bridgehead atoms. The van der Waals surface area contributed by atoms with Crippen molar-refractivity contribution in [3.05, 3.63) is 60.4 Å². The summed E-state index contributed by atoms with van der Waals surface area (Å²) in [5.74, 6) is 0. The number of aromatic nitrogens is 1. The van der Waals surface area contributed by atoms with Gasteiger partial charge in [0.1, 0.15) is 0 Å². The molecule has 1 aromatic heterocycles. The molecule has 5 heteroatoms. The Kier molecular flexibility index (Phi) is 3.68. The molecule has 0 amide bonds. The van der Waals surface area contributed by atoms with Crippen LogP contribution < -0.4 is 4.72 Å². The van der Waals surface area contributed by atoms with E-state index in [1.54, 1.807) is 54.9 Å². The van der Waals surface area contributed by atoms with Crippen molar-refractivity contribution in [2.45, 2.75) is 24.3 Å². The molecule has 0 saturated heterocycles. The fourth-order valence-corrected chi connectivity index (χ4v) is 3.24. The minimum atomic E-state index is -3.54. The normalized spacial score (nSPS) is 12.3. The molecule has 0 radical (unpaired) electrons. The largest absolute Gasteiger partial charge is 0.265 e. The van der Waals surface area contributed by atoms with Gasteiger partial charge in [0.25, 0.3) is 0 Å². The lowest BCUT2D eigenvalue weighted by Crippen LogP contribution is -2.40. The SMILES string of the molecule is CC(C)(NS(=O)(=O)c1ccccc1)c1ccncc1. The maximum Gasteiger partial charge on any atom is 0.241 e. The quantitative estimate of drug-likeness (QED) is 0.932. The van der Waals surface area contributed by atoms with Crippen molar-refractivity contribution in [3.8, 4) is 0 Å². The lowest BCUT2D eigenvalue weighted by molar-refractivity contribution is 0.471. The number of sulfonamides is 1. The Morgan fingerprint density at radius 3 is 2.16 bits per heavy atom. The van der Waals surface area contributed by atoms with E-state index in [9.17, 15) is 8.42 Å². The Balaban J connectivity index is 2.31. The zero-order valence-corrected chi connectivity index (χ0v) is 11.7. The number of hydrogen-bond acceptors (Lipinski definition) is 3. The third kappa shape index (κ3) is 3.19. The minimum absolute atomic E-state index is 0.261. The second-order valence-corrected chi connectivity index (χ2v) is 6.46. The summed E-state index contributed by atoms with van der Waals surface area (Å²) in [4.78, 5) is 4.20. The van der Waals surface area contributed by atoms with Crippen LogP contribution in [0.1, 0.15) is 19.4 Å². The molecule has 1 N–H and O–H groups in total. The lowest BCUT2D eigenvalue weighted by atomic mass is 9.97. The van der Waals surface area contributed by atoms with Crippen LogP contribution in [0.3, 0.4) is 0 Å². The van der Waals surface area contributed by atoms with Gasteiger partial charge >= 0.3 is 0 Å². The minimum Gasteiger partial charge on any atom is -0.265 e.